The molecule has 0 aliphatic carbocycles. The number of nitrogens with zero attached hydrogens (tertiary/aromatic N) is 2. The zero-order valence-electron chi connectivity index (χ0n) is 13.1. The van der Waals surface area contributed by atoms with Gasteiger partial charge in [-0.1, -0.05) is 47.6 Å². The molecule has 1 aliphatic rings. The molecule has 4 rings (SSSR count). The Morgan fingerprint density at radius 2 is 1.92 bits per heavy atom. The van der Waals surface area contributed by atoms with Crippen LogP contribution < -0.4 is 5.32 Å². The van der Waals surface area contributed by atoms with Gasteiger partial charge in [0.05, 0.1) is 22.8 Å². The largest absolute Gasteiger partial charge is 0.465 e. The third-order valence-corrected chi connectivity index (χ3v) is 5.28. The number of benzene rings is 2. The van der Waals surface area contributed by atoms with Crippen LogP contribution in [-0.4, -0.2) is 27.8 Å². The second-order valence-corrected chi connectivity index (χ2v) is 7.12. The number of esters is 1. The van der Waals surface area contributed by atoms with E-state index >= 15 is 0 Å². The molecule has 1 fully saturated rings. The standard InChI is InChI=1S/C18H14ClN3O2S/c19-12-6-2-4-8-14(12)20-16-11-5-1-3-7-13(11)21-18(22-16)25-15-9-10-24-17(15)23/h1-8,15H,9-10H2,(H,20,21,22). The Morgan fingerprint density at radius 1 is 1.12 bits per heavy atom. The van der Waals surface area contributed by atoms with Gasteiger partial charge < -0.3 is 10.1 Å². The van der Waals surface area contributed by atoms with Crippen LogP contribution in [0, 0.1) is 0 Å². The number of hydrogen-bond donors (Lipinski definition) is 1. The van der Waals surface area contributed by atoms with Crippen LogP contribution in [0.3, 0.4) is 0 Å². The number of anilines is 2. The minimum Gasteiger partial charge on any atom is -0.465 e. The highest BCUT2D eigenvalue weighted by atomic mass is 35.5. The minimum absolute atomic E-state index is 0.206. The van der Waals surface area contributed by atoms with Crippen LogP contribution in [0.25, 0.3) is 10.9 Å². The SMILES string of the molecule is O=C1OCCC1Sc1nc(Nc2ccccc2Cl)c2ccccc2n1. The Balaban J connectivity index is 1.73. The monoisotopic (exact) mass is 371 g/mol. The number of ether oxygens (including phenoxy) is 1. The Morgan fingerprint density at radius 3 is 2.72 bits per heavy atom. The molecule has 0 saturated carbocycles. The summed E-state index contributed by atoms with van der Waals surface area (Å²) in [6.45, 7) is 0.453. The van der Waals surface area contributed by atoms with Crippen molar-refractivity contribution in [3.63, 3.8) is 0 Å². The fourth-order valence-corrected chi connectivity index (χ4v) is 3.72. The molecule has 1 aliphatic heterocycles. The second kappa shape index (κ2) is 6.90. The Kier molecular flexibility index (Phi) is 4.46. The van der Waals surface area contributed by atoms with Crippen molar-refractivity contribution in [1.29, 1.82) is 0 Å². The molecule has 1 aromatic heterocycles. The van der Waals surface area contributed by atoms with E-state index in [0.29, 0.717) is 29.0 Å². The van der Waals surface area contributed by atoms with Gasteiger partial charge in [0.25, 0.3) is 0 Å². The van der Waals surface area contributed by atoms with Gasteiger partial charge in [-0.15, -0.1) is 0 Å². The number of hydrogen-bond acceptors (Lipinski definition) is 6. The molecular formula is C18H14ClN3O2S. The molecule has 2 aromatic carbocycles. The number of aromatic nitrogens is 2. The molecule has 126 valence electrons. The predicted octanol–water partition coefficient (Wildman–Crippen LogP) is 4.43. The first-order valence-electron chi connectivity index (χ1n) is 7.82. The van der Waals surface area contributed by atoms with Gasteiger partial charge in [-0.25, -0.2) is 9.97 Å². The lowest BCUT2D eigenvalue weighted by atomic mass is 10.2. The lowest BCUT2D eigenvalue weighted by Gasteiger charge is -2.12. The maximum atomic E-state index is 11.7. The average molecular weight is 372 g/mol. The summed E-state index contributed by atoms with van der Waals surface area (Å²) in [4.78, 5) is 20.9. The van der Waals surface area contributed by atoms with Crippen LogP contribution in [0.2, 0.25) is 5.02 Å². The van der Waals surface area contributed by atoms with Crippen LogP contribution in [0.1, 0.15) is 6.42 Å². The van der Waals surface area contributed by atoms with Gasteiger partial charge in [0.15, 0.2) is 5.16 Å². The second-order valence-electron chi connectivity index (χ2n) is 5.54. The zero-order valence-corrected chi connectivity index (χ0v) is 14.7. The molecule has 0 bridgehead atoms. The van der Waals surface area contributed by atoms with Crippen molar-refractivity contribution in [3.8, 4) is 0 Å². The van der Waals surface area contributed by atoms with Crippen LogP contribution in [0.15, 0.2) is 53.7 Å². The van der Waals surface area contributed by atoms with Crippen molar-refractivity contribution in [2.45, 2.75) is 16.8 Å². The molecule has 3 aromatic rings. The molecule has 1 atom stereocenters. The Hall–Kier alpha value is -2.31. The van der Waals surface area contributed by atoms with E-state index < -0.39 is 0 Å². The van der Waals surface area contributed by atoms with E-state index in [1.54, 1.807) is 0 Å². The predicted molar refractivity (Wildman–Crippen MR) is 99.5 cm³/mol. The maximum Gasteiger partial charge on any atom is 0.319 e. The van der Waals surface area contributed by atoms with Crippen molar-refractivity contribution < 1.29 is 9.53 Å². The number of nitrogens with one attached hydrogen (secondary N) is 1. The Bertz CT molecular complexity index is 951. The van der Waals surface area contributed by atoms with E-state index in [1.807, 2.05) is 48.5 Å². The molecule has 7 heteroatoms. The molecule has 25 heavy (non-hydrogen) atoms. The number of fused-ring (bicyclic) bond motifs is 1. The van der Waals surface area contributed by atoms with E-state index in [4.69, 9.17) is 16.3 Å². The van der Waals surface area contributed by atoms with Gasteiger partial charge in [0.1, 0.15) is 11.1 Å². The number of carbonyl (C=O) groups is 1. The normalized spacial score (nSPS) is 16.8. The molecule has 5 nitrogen and oxygen atoms in total. The number of rotatable bonds is 4. The smallest absolute Gasteiger partial charge is 0.319 e. The van der Waals surface area contributed by atoms with E-state index in [1.165, 1.54) is 11.8 Å². The first-order chi connectivity index (χ1) is 12.2. The molecule has 1 N–H and O–H groups in total. The summed E-state index contributed by atoms with van der Waals surface area (Å²) in [5.74, 6) is 0.454. The minimum atomic E-state index is -0.255. The number of cyclic esters (lactones) is 1. The number of carbonyl (C=O) groups excluding carboxylic acids is 1. The first kappa shape index (κ1) is 16.2. The lowest BCUT2D eigenvalue weighted by molar-refractivity contribution is -0.137. The summed E-state index contributed by atoms with van der Waals surface area (Å²) in [5, 5.41) is 5.06. The highest BCUT2D eigenvalue weighted by Crippen LogP contribution is 2.32. The van der Waals surface area contributed by atoms with Crippen molar-refractivity contribution >= 4 is 51.7 Å². The summed E-state index contributed by atoms with van der Waals surface area (Å²) >= 11 is 7.58. The number of para-hydroxylation sites is 2. The van der Waals surface area contributed by atoms with Crippen LogP contribution in [0.5, 0.6) is 0 Å². The van der Waals surface area contributed by atoms with Crippen molar-refractivity contribution in [1.82, 2.24) is 9.97 Å². The lowest BCUT2D eigenvalue weighted by Crippen LogP contribution is -2.10. The molecule has 1 saturated heterocycles. The van der Waals surface area contributed by atoms with Crippen molar-refractivity contribution in [3.05, 3.63) is 53.6 Å². The number of halogens is 1. The first-order valence-corrected chi connectivity index (χ1v) is 9.08. The van der Waals surface area contributed by atoms with Gasteiger partial charge in [-0.3, -0.25) is 4.79 Å². The molecule has 0 amide bonds. The van der Waals surface area contributed by atoms with E-state index in [-0.39, 0.29) is 11.2 Å². The third-order valence-electron chi connectivity index (χ3n) is 3.84. The van der Waals surface area contributed by atoms with E-state index in [9.17, 15) is 4.79 Å². The summed E-state index contributed by atoms with van der Waals surface area (Å²) in [6.07, 6.45) is 0.674. The topological polar surface area (TPSA) is 64.1 Å². The fourth-order valence-electron chi connectivity index (χ4n) is 2.61. The summed E-state index contributed by atoms with van der Waals surface area (Å²) in [6, 6.07) is 15.2. The average Bonchev–Trinajstić information content (AvgIpc) is 3.02. The van der Waals surface area contributed by atoms with Crippen LogP contribution in [-0.2, 0) is 9.53 Å². The molecule has 0 spiro atoms. The van der Waals surface area contributed by atoms with Crippen molar-refractivity contribution in [2.75, 3.05) is 11.9 Å². The van der Waals surface area contributed by atoms with Gasteiger partial charge in [0, 0.05) is 11.8 Å². The van der Waals surface area contributed by atoms with Crippen LogP contribution in [0.4, 0.5) is 11.5 Å². The maximum absolute atomic E-state index is 11.7. The highest BCUT2D eigenvalue weighted by Gasteiger charge is 2.28. The molecule has 1 unspecified atom stereocenters. The molecule has 0 radical (unpaired) electrons. The third kappa shape index (κ3) is 3.41. The highest BCUT2D eigenvalue weighted by molar-refractivity contribution is 8.00. The van der Waals surface area contributed by atoms with Crippen LogP contribution >= 0.6 is 23.4 Å². The summed E-state index contributed by atoms with van der Waals surface area (Å²) in [7, 11) is 0. The van der Waals surface area contributed by atoms with E-state index in [0.717, 1.165) is 16.6 Å². The van der Waals surface area contributed by atoms with Gasteiger partial charge in [-0.2, -0.15) is 0 Å². The molecule has 2 heterocycles. The zero-order chi connectivity index (χ0) is 17.2. The summed E-state index contributed by atoms with van der Waals surface area (Å²) in [5.41, 5.74) is 1.57. The van der Waals surface area contributed by atoms with Gasteiger partial charge in [-0.05, 0) is 24.3 Å². The van der Waals surface area contributed by atoms with Gasteiger partial charge >= 0.3 is 5.97 Å². The van der Waals surface area contributed by atoms with Crippen molar-refractivity contribution in [2.24, 2.45) is 0 Å². The molecular weight excluding hydrogens is 358 g/mol. The van der Waals surface area contributed by atoms with Gasteiger partial charge in [0.2, 0.25) is 0 Å². The fraction of sp³-hybridized carbons (Fsp3) is 0.167. The number of thioether (sulfide) groups is 1. The Labute approximate surface area is 153 Å². The quantitative estimate of drug-likeness (QED) is 0.540. The summed E-state index contributed by atoms with van der Waals surface area (Å²) < 4.78 is 5.02. The van der Waals surface area contributed by atoms with E-state index in [2.05, 4.69) is 15.3 Å².